The molecular weight excluding hydrogens is 1170 g/mol. The van der Waals surface area contributed by atoms with Crippen LogP contribution in [0.5, 0.6) is 0 Å². The second kappa shape index (κ2) is 62.9. The second-order valence-corrected chi connectivity index (χ2v) is 27.1. The van der Waals surface area contributed by atoms with Crippen molar-refractivity contribution in [2.75, 3.05) is 19.8 Å². The molecule has 2 rings (SSSR count). The third kappa shape index (κ3) is 46.4. The van der Waals surface area contributed by atoms with Gasteiger partial charge in [-0.05, 0) is 64.2 Å². The van der Waals surface area contributed by atoms with Crippen LogP contribution in [0, 0.1) is 0 Å². The van der Waals surface area contributed by atoms with Crippen molar-refractivity contribution in [3.05, 3.63) is 72.9 Å². The number of hydrogen-bond acceptors (Lipinski definition) is 13. The lowest BCUT2D eigenvalue weighted by molar-refractivity contribution is -0.359. The Kier molecular flexibility index (Phi) is 58.5. The fourth-order valence-electron chi connectivity index (χ4n) is 12.6. The first-order valence-electron chi connectivity index (χ1n) is 38.7. The molecule has 0 aromatic rings. The standard InChI is InChI=1S/C79H143NO13/c1-3-5-7-9-11-13-15-17-19-21-23-25-27-28-29-30-31-32-33-34-35-36-37-38-39-40-41-43-45-47-49-51-53-55-57-59-61-63-71(84)80-67(66-90-78-76(89)74(87)77(70(65-82)92-78)93-79-75(88)73(86)72(85)69(64-81)91-79)68(83)62-60-58-56-54-52-50-48-46-44-42-26-24-22-20-18-16-14-12-10-8-6-4-2/h5,7,11,13,17,19,23,25,28-29,31-32,67-70,72-79,81-83,85-89H,3-4,6,8-10,12,14-16,18,20-22,24,26-27,30,33-66H2,1-2H3,(H,80,84)/b7-5-,13-11-,19-17-,25-23-,29-28-,32-31-. The normalized spacial score (nSPS) is 22.9. The monoisotopic (exact) mass is 1310 g/mol. The molecular formula is C79H143NO13. The molecule has 14 heteroatoms. The van der Waals surface area contributed by atoms with Gasteiger partial charge in [0.15, 0.2) is 12.6 Å². The molecule has 0 aromatic carbocycles. The van der Waals surface area contributed by atoms with Crippen LogP contribution in [-0.2, 0) is 23.7 Å². The van der Waals surface area contributed by atoms with Crippen LogP contribution in [0.2, 0.25) is 0 Å². The number of nitrogens with one attached hydrogen (secondary N) is 1. The number of rotatable bonds is 64. The maximum atomic E-state index is 13.4. The summed E-state index contributed by atoms with van der Waals surface area (Å²) in [6, 6.07) is -0.831. The Bertz CT molecular complexity index is 1840. The first kappa shape index (κ1) is 86.5. The largest absolute Gasteiger partial charge is 0.394 e. The number of amides is 1. The van der Waals surface area contributed by atoms with E-state index in [-0.39, 0.29) is 12.5 Å². The van der Waals surface area contributed by atoms with Gasteiger partial charge in [-0.3, -0.25) is 4.79 Å². The van der Waals surface area contributed by atoms with E-state index in [1.54, 1.807) is 0 Å². The molecule has 0 radical (unpaired) electrons. The fraction of sp³-hybridized carbons (Fsp3) is 0.835. The van der Waals surface area contributed by atoms with Crippen LogP contribution >= 0.6 is 0 Å². The number of aliphatic hydroxyl groups is 8. The van der Waals surface area contributed by atoms with E-state index in [0.717, 1.165) is 89.9 Å². The summed E-state index contributed by atoms with van der Waals surface area (Å²) in [5, 5.41) is 87.8. The molecule has 2 aliphatic heterocycles. The van der Waals surface area contributed by atoms with Gasteiger partial charge in [-0.2, -0.15) is 0 Å². The zero-order valence-corrected chi connectivity index (χ0v) is 59.2. The van der Waals surface area contributed by atoms with Gasteiger partial charge < -0.3 is 65.1 Å². The number of carbonyl (C=O) groups excluding carboxylic acids is 1. The molecule has 14 nitrogen and oxygen atoms in total. The lowest BCUT2D eigenvalue weighted by atomic mass is 9.97. The molecule has 0 spiro atoms. The van der Waals surface area contributed by atoms with Crippen LogP contribution in [0.4, 0.5) is 0 Å². The van der Waals surface area contributed by atoms with Crippen molar-refractivity contribution in [3.8, 4) is 0 Å². The van der Waals surface area contributed by atoms with E-state index in [1.807, 2.05) is 0 Å². The predicted molar refractivity (Wildman–Crippen MR) is 383 cm³/mol. The highest BCUT2D eigenvalue weighted by atomic mass is 16.7. The van der Waals surface area contributed by atoms with Gasteiger partial charge in [-0.15, -0.1) is 0 Å². The van der Waals surface area contributed by atoms with Gasteiger partial charge in [-0.1, -0.05) is 331 Å². The van der Waals surface area contributed by atoms with Crippen molar-refractivity contribution in [1.29, 1.82) is 0 Å². The van der Waals surface area contributed by atoms with Gasteiger partial charge in [0.05, 0.1) is 32.0 Å². The Hall–Kier alpha value is -2.57. The Balaban J connectivity index is 1.60. The van der Waals surface area contributed by atoms with Crippen LogP contribution < -0.4 is 5.32 Å². The fourth-order valence-corrected chi connectivity index (χ4v) is 12.6. The molecule has 2 fully saturated rings. The molecule has 9 N–H and O–H groups in total. The highest BCUT2D eigenvalue weighted by molar-refractivity contribution is 5.76. The van der Waals surface area contributed by atoms with Gasteiger partial charge >= 0.3 is 0 Å². The first-order chi connectivity index (χ1) is 45.6. The number of ether oxygens (including phenoxy) is 4. The summed E-state index contributed by atoms with van der Waals surface area (Å²) in [5.41, 5.74) is 0. The summed E-state index contributed by atoms with van der Waals surface area (Å²) >= 11 is 0. The van der Waals surface area contributed by atoms with Gasteiger partial charge in [0.25, 0.3) is 0 Å². The van der Waals surface area contributed by atoms with Crippen LogP contribution in [-0.4, -0.2) is 140 Å². The summed E-state index contributed by atoms with van der Waals surface area (Å²) in [6.45, 7) is 2.79. The molecule has 542 valence electrons. The average Bonchev–Trinajstić information content (AvgIpc) is 0.852. The first-order valence-corrected chi connectivity index (χ1v) is 38.7. The molecule has 1 amide bonds. The SMILES string of the molecule is CC/C=C\C/C=C\C/C=C\C/C=C\C/C=C\C/C=C\CCCCCCCCCCCCCCCCCCCCC(=O)NC(COC1OC(CO)C(OC2OC(CO)C(O)C(O)C2O)C(O)C1O)C(O)CCCCCCCCCCCCCCCCCCCCCCCC. The smallest absolute Gasteiger partial charge is 0.220 e. The zero-order valence-electron chi connectivity index (χ0n) is 59.2. The maximum Gasteiger partial charge on any atom is 0.220 e. The van der Waals surface area contributed by atoms with Crippen LogP contribution in [0.3, 0.4) is 0 Å². The van der Waals surface area contributed by atoms with Crippen LogP contribution in [0.25, 0.3) is 0 Å². The van der Waals surface area contributed by atoms with E-state index >= 15 is 0 Å². The third-order valence-electron chi connectivity index (χ3n) is 18.7. The molecule has 2 saturated heterocycles. The molecule has 0 aliphatic carbocycles. The molecule has 0 aromatic heterocycles. The Labute approximate surface area is 568 Å². The summed E-state index contributed by atoms with van der Waals surface area (Å²) in [7, 11) is 0. The summed E-state index contributed by atoms with van der Waals surface area (Å²) in [6.07, 6.45) is 69.3. The number of carbonyl (C=O) groups is 1. The maximum absolute atomic E-state index is 13.4. The highest BCUT2D eigenvalue weighted by Crippen LogP contribution is 2.30. The molecule has 93 heavy (non-hydrogen) atoms. The van der Waals surface area contributed by atoms with Crippen molar-refractivity contribution in [2.24, 2.45) is 0 Å². The third-order valence-corrected chi connectivity index (χ3v) is 18.7. The second-order valence-electron chi connectivity index (χ2n) is 27.1. The van der Waals surface area contributed by atoms with Gasteiger partial charge in [0, 0.05) is 6.42 Å². The summed E-state index contributed by atoms with van der Waals surface area (Å²) in [5.74, 6) is -0.202. The minimum absolute atomic E-state index is 0.202. The molecule has 0 bridgehead atoms. The Morgan fingerprint density at radius 1 is 0.398 bits per heavy atom. The lowest BCUT2D eigenvalue weighted by Gasteiger charge is -2.46. The van der Waals surface area contributed by atoms with E-state index in [9.17, 15) is 45.6 Å². The van der Waals surface area contributed by atoms with Gasteiger partial charge in [0.2, 0.25) is 5.91 Å². The van der Waals surface area contributed by atoms with Crippen LogP contribution in [0.1, 0.15) is 328 Å². The van der Waals surface area contributed by atoms with Crippen molar-refractivity contribution in [1.82, 2.24) is 5.32 Å². The highest BCUT2D eigenvalue weighted by Gasteiger charge is 2.51. The van der Waals surface area contributed by atoms with E-state index < -0.39 is 86.8 Å². The van der Waals surface area contributed by atoms with Crippen molar-refractivity contribution >= 4 is 5.91 Å². The lowest BCUT2D eigenvalue weighted by Crippen LogP contribution is -2.65. The minimum Gasteiger partial charge on any atom is -0.394 e. The number of allylic oxidation sites excluding steroid dienone is 12. The molecule has 0 saturated carbocycles. The molecule has 2 heterocycles. The quantitative estimate of drug-likeness (QED) is 0.0204. The average molecular weight is 1320 g/mol. The summed E-state index contributed by atoms with van der Waals surface area (Å²) < 4.78 is 23.0. The van der Waals surface area contributed by atoms with Crippen molar-refractivity contribution in [2.45, 2.75) is 402 Å². The molecule has 2 aliphatic rings. The topological polar surface area (TPSA) is 228 Å². The van der Waals surface area contributed by atoms with Crippen molar-refractivity contribution in [3.63, 3.8) is 0 Å². The number of aliphatic hydroxyl groups excluding tert-OH is 8. The van der Waals surface area contributed by atoms with Crippen molar-refractivity contribution < 1.29 is 64.6 Å². The number of hydrogen-bond donors (Lipinski definition) is 9. The number of unbranched alkanes of at least 4 members (excludes halogenated alkanes) is 39. The minimum atomic E-state index is -1.78. The molecule has 12 atom stereocenters. The van der Waals surface area contributed by atoms with Gasteiger partial charge in [0.1, 0.15) is 48.8 Å². The van der Waals surface area contributed by atoms with E-state index in [4.69, 9.17) is 18.9 Å². The Morgan fingerprint density at radius 2 is 0.742 bits per heavy atom. The summed E-state index contributed by atoms with van der Waals surface area (Å²) in [4.78, 5) is 13.4. The van der Waals surface area contributed by atoms with E-state index in [0.29, 0.717) is 12.8 Å². The van der Waals surface area contributed by atoms with Gasteiger partial charge in [-0.25, -0.2) is 0 Å². The van der Waals surface area contributed by atoms with E-state index in [2.05, 4.69) is 92.1 Å². The van der Waals surface area contributed by atoms with E-state index in [1.165, 1.54) is 212 Å². The Morgan fingerprint density at radius 3 is 1.14 bits per heavy atom. The predicted octanol–water partition coefficient (Wildman–Crippen LogP) is 17.0. The zero-order chi connectivity index (χ0) is 67.3. The van der Waals surface area contributed by atoms with Crippen LogP contribution in [0.15, 0.2) is 72.9 Å². The molecule has 12 unspecified atom stereocenters.